The number of non-ortho nitro benzene ring substituents is 1. The molecule has 0 unspecified atom stereocenters. The molecule has 1 aromatic carbocycles. The van der Waals surface area contributed by atoms with Gasteiger partial charge < -0.3 is 25.9 Å². The summed E-state index contributed by atoms with van der Waals surface area (Å²) in [6, 6.07) is 0.127. The smallest absolute Gasteiger partial charge is 0.362 e. The zero-order valence-corrected chi connectivity index (χ0v) is 25.8. The van der Waals surface area contributed by atoms with Gasteiger partial charge in [0.15, 0.2) is 10.8 Å². The summed E-state index contributed by atoms with van der Waals surface area (Å²) in [7, 11) is -10.2. The predicted octanol–water partition coefficient (Wildman–Crippen LogP) is -1.52. The summed E-state index contributed by atoms with van der Waals surface area (Å²) in [5, 5.41) is 19.7. The number of ether oxygens (including phenoxy) is 1. The topological polar surface area (TPSA) is 329 Å². The number of benzene rings is 1. The van der Waals surface area contributed by atoms with E-state index in [1.165, 1.54) is 43.5 Å². The standard InChI is InChI=1S/C21H24N8O14S3/c1-21(2,18(32)42-8-10-3-5-11(6-4-10)29(34)35)43-26-14(12-9-44-19(22)24-12)16(30)25-15-13(28(17(15)31)46(39,40)41)7-23-20(33)27-45(36,37)38/h3-6,9,13,15H,7-8H2,1-2H3,(H2,22,24)(H,25,30)(H2,23,27,33)(H,36,37,38)(H,39,40,41)/t13-,15+/m0/s1. The first-order valence-corrected chi connectivity index (χ1v) is 15.9. The zero-order valence-electron chi connectivity index (χ0n) is 23.3. The number of carbonyl (C=O) groups is 4. The van der Waals surface area contributed by atoms with E-state index in [1.54, 1.807) is 0 Å². The van der Waals surface area contributed by atoms with Crippen molar-refractivity contribution < 1.29 is 59.6 Å². The number of urea groups is 1. The first-order valence-electron chi connectivity index (χ1n) is 12.2. The molecule has 46 heavy (non-hydrogen) atoms. The molecular formula is C21H24N8O14S3. The first kappa shape index (κ1) is 35.5. The largest absolute Gasteiger partial charge is 0.458 e. The minimum absolute atomic E-state index is 0.0403. The Kier molecular flexibility index (Phi) is 10.5. The molecule has 22 nitrogen and oxygen atoms in total. The lowest BCUT2D eigenvalue weighted by molar-refractivity contribution is -0.384. The number of β-lactam (4-membered cyclic amide) rings is 1. The van der Waals surface area contributed by atoms with Gasteiger partial charge in [-0.2, -0.15) is 16.8 Å². The lowest BCUT2D eigenvalue weighted by atomic mass is 9.98. The van der Waals surface area contributed by atoms with Crippen LogP contribution >= 0.6 is 11.3 Å². The first-order chi connectivity index (χ1) is 21.2. The Bertz CT molecular complexity index is 1790. The summed E-state index contributed by atoms with van der Waals surface area (Å²) in [4.78, 5) is 69.6. The number of nitrogens with one attached hydrogen (secondary N) is 3. The summed E-state index contributed by atoms with van der Waals surface area (Å²) in [5.41, 5.74) is 3.11. The molecule has 1 fully saturated rings. The fourth-order valence-electron chi connectivity index (χ4n) is 3.56. The molecular weight excluding hydrogens is 684 g/mol. The number of nitrogen functional groups attached to an aromatic ring is 1. The molecule has 0 bridgehead atoms. The molecule has 1 aliphatic heterocycles. The normalized spacial score (nSPS) is 17.0. The number of nitro benzene ring substituents is 1. The fourth-order valence-corrected chi connectivity index (χ4v) is 5.29. The summed E-state index contributed by atoms with van der Waals surface area (Å²) in [6.45, 7) is 1.27. The van der Waals surface area contributed by atoms with Crippen LogP contribution in [0.3, 0.4) is 0 Å². The van der Waals surface area contributed by atoms with Crippen LogP contribution in [0.2, 0.25) is 0 Å². The second kappa shape index (κ2) is 13.6. The number of hydrogen-bond acceptors (Lipinski definition) is 16. The van der Waals surface area contributed by atoms with Crippen molar-refractivity contribution >= 4 is 72.3 Å². The highest BCUT2D eigenvalue weighted by Gasteiger charge is 2.54. The maximum atomic E-state index is 13.2. The molecule has 25 heteroatoms. The summed E-state index contributed by atoms with van der Waals surface area (Å²) in [6.07, 6.45) is 0. The van der Waals surface area contributed by atoms with E-state index in [2.05, 4.69) is 15.5 Å². The molecule has 0 spiro atoms. The van der Waals surface area contributed by atoms with Gasteiger partial charge in [0.1, 0.15) is 18.3 Å². The monoisotopic (exact) mass is 708 g/mol. The van der Waals surface area contributed by atoms with E-state index in [-0.39, 0.29) is 27.4 Å². The number of nitro groups is 1. The van der Waals surface area contributed by atoms with Crippen LogP contribution in [0, 0.1) is 10.1 Å². The molecule has 7 N–H and O–H groups in total. The molecule has 4 amide bonds. The molecule has 1 aliphatic rings. The van der Waals surface area contributed by atoms with Crippen LogP contribution in [0.1, 0.15) is 25.1 Å². The number of oxime groups is 1. The predicted molar refractivity (Wildman–Crippen MR) is 153 cm³/mol. The van der Waals surface area contributed by atoms with Crippen molar-refractivity contribution in [3.8, 4) is 0 Å². The average Bonchev–Trinajstić information content (AvgIpc) is 3.36. The highest BCUT2D eigenvalue weighted by Crippen LogP contribution is 2.24. The minimum Gasteiger partial charge on any atom is -0.458 e. The number of rotatable bonds is 13. The number of carbonyl (C=O) groups excluding carboxylic acids is 4. The lowest BCUT2D eigenvalue weighted by Crippen LogP contribution is -2.74. The Labute approximate surface area is 262 Å². The summed E-state index contributed by atoms with van der Waals surface area (Å²) >= 11 is 0.863. The zero-order chi connectivity index (χ0) is 34.6. The van der Waals surface area contributed by atoms with Crippen LogP contribution < -0.4 is 21.1 Å². The third-order valence-electron chi connectivity index (χ3n) is 5.75. The second-order valence-electron chi connectivity index (χ2n) is 9.53. The molecule has 3 rings (SSSR count). The van der Waals surface area contributed by atoms with Crippen LogP contribution in [-0.4, -0.2) is 93.9 Å². The summed E-state index contributed by atoms with van der Waals surface area (Å²) < 4.78 is 69.3. The third-order valence-corrected chi connectivity index (χ3v) is 7.82. The quantitative estimate of drug-likeness (QED) is 0.0343. The SMILES string of the molecule is CC(C)(ON=C(C(=O)N[C@H]1C(=O)N(S(=O)(=O)O)[C@H]1CNC(=O)NS(=O)(=O)O)c1csc(N)n1)C(=O)OCc1ccc([N+](=O)[O-])cc1. The molecule has 0 saturated carbocycles. The van der Waals surface area contributed by atoms with Gasteiger partial charge in [-0.3, -0.25) is 28.8 Å². The van der Waals surface area contributed by atoms with Crippen molar-refractivity contribution in [3.05, 3.63) is 51.0 Å². The van der Waals surface area contributed by atoms with Gasteiger partial charge in [0.05, 0.1) is 11.0 Å². The second-order valence-corrected chi connectivity index (χ2v) is 12.9. The van der Waals surface area contributed by atoms with Crippen molar-refractivity contribution in [1.29, 1.82) is 0 Å². The van der Waals surface area contributed by atoms with Crippen molar-refractivity contribution in [3.63, 3.8) is 0 Å². The molecule has 0 radical (unpaired) electrons. The fraction of sp³-hybridized carbons (Fsp3) is 0.333. The Morgan fingerprint density at radius 3 is 2.35 bits per heavy atom. The van der Waals surface area contributed by atoms with Gasteiger partial charge in [0.2, 0.25) is 5.60 Å². The molecule has 2 atom stereocenters. The van der Waals surface area contributed by atoms with Gasteiger partial charge in [-0.15, -0.1) is 11.3 Å². The van der Waals surface area contributed by atoms with E-state index in [1.807, 2.05) is 5.32 Å². The van der Waals surface area contributed by atoms with E-state index in [4.69, 9.17) is 19.9 Å². The molecule has 1 saturated heterocycles. The molecule has 0 aliphatic carbocycles. The highest BCUT2D eigenvalue weighted by atomic mass is 32.2. The number of nitrogens with two attached hydrogens (primary N) is 1. The van der Waals surface area contributed by atoms with Crippen LogP contribution in [0.5, 0.6) is 0 Å². The Balaban J connectivity index is 1.77. The van der Waals surface area contributed by atoms with Crippen LogP contribution in [0.15, 0.2) is 34.8 Å². The van der Waals surface area contributed by atoms with Crippen LogP contribution in [0.4, 0.5) is 15.6 Å². The summed E-state index contributed by atoms with van der Waals surface area (Å²) in [5.74, 6) is -3.59. The minimum atomic E-state index is -5.23. The van der Waals surface area contributed by atoms with Gasteiger partial charge >= 0.3 is 32.6 Å². The van der Waals surface area contributed by atoms with Crippen molar-refractivity contribution in [2.45, 2.75) is 38.1 Å². The number of esters is 1. The average molecular weight is 709 g/mol. The van der Waals surface area contributed by atoms with E-state index >= 15 is 0 Å². The third kappa shape index (κ3) is 9.03. The van der Waals surface area contributed by atoms with Crippen LogP contribution in [-0.2, 0) is 51.2 Å². The van der Waals surface area contributed by atoms with E-state index in [0.717, 1.165) is 16.1 Å². The van der Waals surface area contributed by atoms with Crippen LogP contribution in [0.25, 0.3) is 0 Å². The molecule has 2 heterocycles. The van der Waals surface area contributed by atoms with E-state index < -0.39 is 79.3 Å². The number of thiazole rings is 1. The Hall–Kier alpha value is -4.98. The Morgan fingerprint density at radius 2 is 1.83 bits per heavy atom. The number of anilines is 1. The molecule has 2 aromatic rings. The lowest BCUT2D eigenvalue weighted by Gasteiger charge is -2.44. The van der Waals surface area contributed by atoms with Gasteiger partial charge in [-0.05, 0) is 31.5 Å². The van der Waals surface area contributed by atoms with Gasteiger partial charge in [0.25, 0.3) is 17.5 Å². The van der Waals surface area contributed by atoms with Gasteiger partial charge in [0, 0.05) is 24.1 Å². The van der Waals surface area contributed by atoms with E-state index in [0.29, 0.717) is 5.56 Å². The van der Waals surface area contributed by atoms with E-state index in [9.17, 15) is 50.7 Å². The highest BCUT2D eigenvalue weighted by molar-refractivity contribution is 7.84. The maximum absolute atomic E-state index is 13.2. The Morgan fingerprint density at radius 1 is 1.20 bits per heavy atom. The number of amides is 4. The van der Waals surface area contributed by atoms with Crippen molar-refractivity contribution in [1.82, 2.24) is 24.6 Å². The number of hydrogen-bond donors (Lipinski definition) is 6. The van der Waals surface area contributed by atoms with Crippen molar-refractivity contribution in [2.24, 2.45) is 5.16 Å². The molecule has 1 aromatic heterocycles. The molecule has 250 valence electrons. The van der Waals surface area contributed by atoms with Crippen molar-refractivity contribution in [2.75, 3.05) is 12.3 Å². The van der Waals surface area contributed by atoms with Gasteiger partial charge in [-0.25, -0.2) is 23.6 Å². The number of aromatic nitrogens is 1. The van der Waals surface area contributed by atoms with Gasteiger partial charge in [-0.1, -0.05) is 5.16 Å². The number of nitrogens with zero attached hydrogens (tertiary/aromatic N) is 4. The maximum Gasteiger partial charge on any atom is 0.362 e.